The Kier molecular flexibility index (Phi) is 4.65. The average molecular weight is 306 g/mol. The molecular formula is C15H16F2N4O. The first-order valence-electron chi connectivity index (χ1n) is 6.85. The number of nitrogens with two attached hydrogens (primary N) is 1. The van der Waals surface area contributed by atoms with Crippen LogP contribution in [0.5, 0.6) is 0 Å². The van der Waals surface area contributed by atoms with Gasteiger partial charge in [-0.3, -0.25) is 4.79 Å². The van der Waals surface area contributed by atoms with E-state index in [-0.39, 0.29) is 22.9 Å². The van der Waals surface area contributed by atoms with E-state index in [1.54, 1.807) is 4.90 Å². The number of anilines is 1. The fourth-order valence-electron chi connectivity index (χ4n) is 2.04. The number of hydrogen-bond acceptors (Lipinski definition) is 4. The average Bonchev–Trinajstić information content (AvgIpc) is 2.50. The Balaban J connectivity index is 2.64. The molecule has 0 bridgehead atoms. The summed E-state index contributed by atoms with van der Waals surface area (Å²) in [5, 5.41) is 0. The van der Waals surface area contributed by atoms with Gasteiger partial charge in [-0.15, -0.1) is 0 Å². The molecule has 2 N–H and O–H groups in total. The van der Waals surface area contributed by atoms with E-state index in [0.717, 1.165) is 18.2 Å². The van der Waals surface area contributed by atoms with E-state index in [4.69, 9.17) is 5.73 Å². The molecule has 1 aromatic heterocycles. The van der Waals surface area contributed by atoms with Crippen molar-refractivity contribution in [2.24, 2.45) is 5.73 Å². The smallest absolute Gasteiger partial charge is 0.267 e. The molecule has 2 aromatic rings. The van der Waals surface area contributed by atoms with E-state index < -0.39 is 17.5 Å². The van der Waals surface area contributed by atoms with Crippen molar-refractivity contribution in [3.8, 4) is 11.3 Å². The van der Waals surface area contributed by atoms with Crippen LogP contribution in [-0.4, -0.2) is 29.0 Å². The van der Waals surface area contributed by atoms with Gasteiger partial charge < -0.3 is 10.6 Å². The van der Waals surface area contributed by atoms with Gasteiger partial charge in [0, 0.05) is 18.7 Å². The van der Waals surface area contributed by atoms with Gasteiger partial charge in [-0.25, -0.2) is 18.7 Å². The maximum atomic E-state index is 13.9. The molecule has 0 unspecified atom stereocenters. The minimum Gasteiger partial charge on any atom is -0.364 e. The van der Waals surface area contributed by atoms with Crippen molar-refractivity contribution in [3.63, 3.8) is 0 Å². The summed E-state index contributed by atoms with van der Waals surface area (Å²) in [5.74, 6) is -1.74. The zero-order valence-corrected chi connectivity index (χ0v) is 12.3. The number of amides is 1. The number of nitrogens with zero attached hydrogens (tertiary/aromatic N) is 3. The summed E-state index contributed by atoms with van der Waals surface area (Å²) in [6, 6.07) is 4.30. The summed E-state index contributed by atoms with van der Waals surface area (Å²) < 4.78 is 27.3. The van der Waals surface area contributed by atoms with Crippen LogP contribution in [0.4, 0.5) is 14.7 Å². The Labute approximate surface area is 126 Å². The lowest BCUT2D eigenvalue weighted by Gasteiger charge is -2.19. The number of halogens is 2. The highest BCUT2D eigenvalue weighted by atomic mass is 19.1. The van der Waals surface area contributed by atoms with E-state index in [1.807, 2.05) is 13.8 Å². The van der Waals surface area contributed by atoms with Gasteiger partial charge in [-0.05, 0) is 38.1 Å². The summed E-state index contributed by atoms with van der Waals surface area (Å²) in [6.45, 7) is 4.99. The summed E-state index contributed by atoms with van der Waals surface area (Å²) in [7, 11) is 0. The highest BCUT2D eigenvalue weighted by Gasteiger charge is 2.16. The third-order valence-corrected chi connectivity index (χ3v) is 3.22. The largest absolute Gasteiger partial charge is 0.364 e. The van der Waals surface area contributed by atoms with Crippen LogP contribution in [0.1, 0.15) is 24.3 Å². The van der Waals surface area contributed by atoms with Gasteiger partial charge in [-0.1, -0.05) is 0 Å². The third kappa shape index (κ3) is 3.19. The van der Waals surface area contributed by atoms with Gasteiger partial charge in [0.15, 0.2) is 0 Å². The second-order valence-corrected chi connectivity index (χ2v) is 4.60. The normalized spacial score (nSPS) is 10.5. The topological polar surface area (TPSA) is 72.1 Å². The molecule has 0 saturated carbocycles. The number of hydrogen-bond donors (Lipinski definition) is 1. The molecule has 0 aliphatic heterocycles. The Morgan fingerprint density at radius 2 is 1.86 bits per heavy atom. The van der Waals surface area contributed by atoms with E-state index in [2.05, 4.69) is 9.97 Å². The minimum atomic E-state index is -0.756. The molecule has 1 heterocycles. The summed E-state index contributed by atoms with van der Waals surface area (Å²) >= 11 is 0. The van der Waals surface area contributed by atoms with Gasteiger partial charge in [0.25, 0.3) is 5.91 Å². The molecule has 7 heteroatoms. The van der Waals surface area contributed by atoms with Crippen molar-refractivity contribution in [2.45, 2.75) is 13.8 Å². The lowest BCUT2D eigenvalue weighted by Crippen LogP contribution is -2.26. The minimum absolute atomic E-state index is 0.0432. The van der Waals surface area contributed by atoms with E-state index in [1.165, 1.54) is 6.07 Å². The van der Waals surface area contributed by atoms with Gasteiger partial charge in [0.2, 0.25) is 5.95 Å². The van der Waals surface area contributed by atoms with Crippen LogP contribution in [0, 0.1) is 11.6 Å². The number of primary amides is 1. The number of benzene rings is 1. The van der Waals surface area contributed by atoms with Crippen molar-refractivity contribution in [1.82, 2.24) is 9.97 Å². The zero-order chi connectivity index (χ0) is 16.3. The van der Waals surface area contributed by atoms with Crippen molar-refractivity contribution >= 4 is 11.9 Å². The summed E-state index contributed by atoms with van der Waals surface area (Å²) in [5.41, 5.74) is 5.29. The van der Waals surface area contributed by atoms with Crippen LogP contribution < -0.4 is 10.6 Å². The number of rotatable bonds is 5. The third-order valence-electron chi connectivity index (χ3n) is 3.22. The summed E-state index contributed by atoms with van der Waals surface area (Å²) in [4.78, 5) is 21.5. The predicted molar refractivity (Wildman–Crippen MR) is 79.5 cm³/mol. The molecule has 0 saturated heterocycles. The van der Waals surface area contributed by atoms with Gasteiger partial charge in [0.05, 0.1) is 5.69 Å². The molecule has 0 atom stereocenters. The molecule has 1 aromatic carbocycles. The number of carbonyl (C=O) groups excluding carboxylic acids is 1. The maximum Gasteiger partial charge on any atom is 0.267 e. The van der Waals surface area contributed by atoms with Crippen LogP contribution in [-0.2, 0) is 0 Å². The van der Waals surface area contributed by atoms with Crippen LogP contribution in [0.25, 0.3) is 11.3 Å². The molecule has 0 aliphatic rings. The monoisotopic (exact) mass is 306 g/mol. The highest BCUT2D eigenvalue weighted by molar-refractivity contribution is 5.92. The van der Waals surface area contributed by atoms with Crippen LogP contribution in [0.3, 0.4) is 0 Å². The second-order valence-electron chi connectivity index (χ2n) is 4.60. The van der Waals surface area contributed by atoms with E-state index >= 15 is 0 Å². The maximum absolute atomic E-state index is 13.9. The fraction of sp³-hybridized carbons (Fsp3) is 0.267. The number of carbonyl (C=O) groups is 1. The first-order chi connectivity index (χ1) is 10.5. The standard InChI is InChI=1S/C15H16F2N4O/c1-3-21(4-2)15-19-12(8-13(20-15)14(18)22)10-7-9(16)5-6-11(10)17/h5-8H,3-4H2,1-2H3,(H2,18,22). The molecular weight excluding hydrogens is 290 g/mol. The van der Waals surface area contributed by atoms with E-state index in [9.17, 15) is 13.6 Å². The number of aromatic nitrogens is 2. The van der Waals surface area contributed by atoms with Gasteiger partial charge in [0.1, 0.15) is 17.3 Å². The lowest BCUT2D eigenvalue weighted by atomic mass is 10.1. The van der Waals surface area contributed by atoms with Crippen molar-refractivity contribution in [1.29, 1.82) is 0 Å². The molecule has 5 nitrogen and oxygen atoms in total. The molecule has 22 heavy (non-hydrogen) atoms. The first-order valence-corrected chi connectivity index (χ1v) is 6.85. The van der Waals surface area contributed by atoms with Crippen molar-refractivity contribution in [2.75, 3.05) is 18.0 Å². The Morgan fingerprint density at radius 1 is 1.18 bits per heavy atom. The molecule has 0 fully saturated rings. The molecule has 2 rings (SSSR count). The molecule has 0 radical (unpaired) electrons. The van der Waals surface area contributed by atoms with Crippen LogP contribution in [0.15, 0.2) is 24.3 Å². The van der Waals surface area contributed by atoms with Crippen molar-refractivity contribution in [3.05, 3.63) is 41.6 Å². The molecule has 0 aliphatic carbocycles. The molecule has 1 amide bonds. The zero-order valence-electron chi connectivity index (χ0n) is 12.3. The fourth-order valence-corrected chi connectivity index (χ4v) is 2.04. The lowest BCUT2D eigenvalue weighted by molar-refractivity contribution is 0.0995. The van der Waals surface area contributed by atoms with E-state index in [0.29, 0.717) is 13.1 Å². The Morgan fingerprint density at radius 3 is 2.45 bits per heavy atom. The van der Waals surface area contributed by atoms with Crippen LogP contribution in [0.2, 0.25) is 0 Å². The predicted octanol–water partition coefficient (Wildman–Crippen LogP) is 2.37. The second kappa shape index (κ2) is 6.46. The Bertz CT molecular complexity index is 702. The first kappa shape index (κ1) is 15.8. The highest BCUT2D eigenvalue weighted by Crippen LogP contribution is 2.24. The van der Waals surface area contributed by atoms with Crippen molar-refractivity contribution < 1.29 is 13.6 Å². The molecule has 116 valence electrons. The SMILES string of the molecule is CCN(CC)c1nc(C(N)=O)cc(-c2cc(F)ccc2F)n1. The van der Waals surface area contributed by atoms with Gasteiger partial charge in [-0.2, -0.15) is 0 Å². The molecule has 0 spiro atoms. The van der Waals surface area contributed by atoms with Gasteiger partial charge >= 0.3 is 0 Å². The quantitative estimate of drug-likeness (QED) is 0.920. The summed E-state index contributed by atoms with van der Waals surface area (Å²) in [6.07, 6.45) is 0. The Hall–Kier alpha value is -2.57. The van der Waals surface area contributed by atoms with Crippen LogP contribution >= 0.6 is 0 Å².